The van der Waals surface area contributed by atoms with Gasteiger partial charge in [-0.1, -0.05) is 6.07 Å². The molecule has 2 heterocycles. The van der Waals surface area contributed by atoms with E-state index in [1.54, 1.807) is 18.3 Å². The minimum Gasteiger partial charge on any atom is -0.478 e. The molecular weight excluding hydrogens is 254 g/mol. The van der Waals surface area contributed by atoms with E-state index in [9.17, 15) is 4.79 Å². The molecule has 5 heteroatoms. The molecule has 0 fully saturated rings. The van der Waals surface area contributed by atoms with Gasteiger partial charge in [0.25, 0.3) is 0 Å². The van der Waals surface area contributed by atoms with Crippen LogP contribution in [0.5, 0.6) is 0 Å². The fourth-order valence-corrected chi connectivity index (χ4v) is 2.68. The van der Waals surface area contributed by atoms with Crippen LogP contribution in [0.4, 0.5) is 5.69 Å². The largest absolute Gasteiger partial charge is 0.478 e. The van der Waals surface area contributed by atoms with Crippen molar-refractivity contribution in [2.24, 2.45) is 0 Å². The molecule has 2 aromatic rings. The number of rotatable bonds is 4. The second-order valence-corrected chi connectivity index (χ2v) is 5.05. The van der Waals surface area contributed by atoms with Crippen molar-refractivity contribution in [3.63, 3.8) is 0 Å². The number of hydrogen-bond acceptors (Lipinski definition) is 3. The smallest absolute Gasteiger partial charge is 0.335 e. The molecule has 0 amide bonds. The quantitative estimate of drug-likeness (QED) is 0.923. The number of carbonyl (C=O) groups is 1. The van der Waals surface area contributed by atoms with E-state index in [1.807, 2.05) is 19.2 Å². The SMILES string of the molecule is Cc1nccn1CCN1CCc2ccc(C(=O)O)cc21. The van der Waals surface area contributed by atoms with Gasteiger partial charge in [0.05, 0.1) is 5.56 Å². The van der Waals surface area contributed by atoms with Crippen LogP contribution in [-0.2, 0) is 13.0 Å². The zero-order valence-electron chi connectivity index (χ0n) is 11.4. The molecule has 20 heavy (non-hydrogen) atoms. The number of anilines is 1. The number of carboxylic acids is 1. The van der Waals surface area contributed by atoms with Gasteiger partial charge in [-0.05, 0) is 31.0 Å². The van der Waals surface area contributed by atoms with Gasteiger partial charge in [0.1, 0.15) is 5.82 Å². The second-order valence-electron chi connectivity index (χ2n) is 5.05. The van der Waals surface area contributed by atoms with Crippen LogP contribution >= 0.6 is 0 Å². The van der Waals surface area contributed by atoms with Crippen LogP contribution in [0.3, 0.4) is 0 Å². The second kappa shape index (κ2) is 5.00. The molecule has 1 aromatic carbocycles. The maximum Gasteiger partial charge on any atom is 0.335 e. The molecule has 0 saturated heterocycles. The van der Waals surface area contributed by atoms with Gasteiger partial charge in [0.2, 0.25) is 0 Å². The Balaban J connectivity index is 1.76. The number of aromatic carboxylic acids is 1. The maximum absolute atomic E-state index is 11.1. The normalized spacial score (nSPS) is 13.6. The lowest BCUT2D eigenvalue weighted by molar-refractivity contribution is 0.0697. The Kier molecular flexibility index (Phi) is 3.18. The first-order valence-electron chi connectivity index (χ1n) is 6.74. The molecule has 0 radical (unpaired) electrons. The first-order valence-corrected chi connectivity index (χ1v) is 6.74. The average Bonchev–Trinajstić information content (AvgIpc) is 3.02. The number of imidazole rings is 1. The summed E-state index contributed by atoms with van der Waals surface area (Å²) < 4.78 is 2.11. The summed E-state index contributed by atoms with van der Waals surface area (Å²) in [5, 5.41) is 9.09. The highest BCUT2D eigenvalue weighted by Crippen LogP contribution is 2.28. The predicted octanol–water partition coefficient (Wildman–Crippen LogP) is 1.95. The first kappa shape index (κ1) is 12.7. The third-order valence-corrected chi connectivity index (χ3v) is 3.86. The highest BCUT2D eigenvalue weighted by Gasteiger charge is 2.20. The van der Waals surface area contributed by atoms with E-state index in [0.29, 0.717) is 5.56 Å². The number of benzene rings is 1. The topological polar surface area (TPSA) is 58.4 Å². The lowest BCUT2D eigenvalue weighted by Gasteiger charge is -2.20. The fourth-order valence-electron chi connectivity index (χ4n) is 2.68. The van der Waals surface area contributed by atoms with Crippen molar-refractivity contribution in [1.29, 1.82) is 0 Å². The molecule has 0 atom stereocenters. The van der Waals surface area contributed by atoms with Crippen molar-refractivity contribution in [2.75, 3.05) is 18.0 Å². The standard InChI is InChI=1S/C15H17N3O2/c1-11-16-5-7-17(11)8-9-18-6-4-12-2-3-13(15(19)20)10-14(12)18/h2-3,5,7,10H,4,6,8-9H2,1H3,(H,19,20). The predicted molar refractivity (Wildman–Crippen MR) is 76.3 cm³/mol. The van der Waals surface area contributed by atoms with Crippen LogP contribution in [0.25, 0.3) is 0 Å². The molecule has 0 saturated carbocycles. The highest BCUT2D eigenvalue weighted by atomic mass is 16.4. The summed E-state index contributed by atoms with van der Waals surface area (Å²) in [6, 6.07) is 5.40. The van der Waals surface area contributed by atoms with Crippen LogP contribution < -0.4 is 4.90 Å². The van der Waals surface area contributed by atoms with Gasteiger partial charge in [-0.3, -0.25) is 0 Å². The van der Waals surface area contributed by atoms with Crippen LogP contribution in [-0.4, -0.2) is 33.7 Å². The number of carboxylic acid groups (broad SMARTS) is 1. The van der Waals surface area contributed by atoms with Crippen molar-refractivity contribution in [2.45, 2.75) is 19.9 Å². The summed E-state index contributed by atoms with van der Waals surface area (Å²) in [5.74, 6) is 0.133. The van der Waals surface area contributed by atoms with E-state index >= 15 is 0 Å². The summed E-state index contributed by atoms with van der Waals surface area (Å²) in [6.07, 6.45) is 4.76. The molecule has 1 aliphatic heterocycles. The first-order chi connectivity index (χ1) is 9.65. The number of fused-ring (bicyclic) bond motifs is 1. The van der Waals surface area contributed by atoms with E-state index in [-0.39, 0.29) is 0 Å². The van der Waals surface area contributed by atoms with Crippen molar-refractivity contribution < 1.29 is 9.90 Å². The minimum absolute atomic E-state index is 0.356. The molecule has 0 spiro atoms. The lowest BCUT2D eigenvalue weighted by Crippen LogP contribution is -2.25. The molecule has 0 bridgehead atoms. The van der Waals surface area contributed by atoms with Crippen molar-refractivity contribution in [3.05, 3.63) is 47.5 Å². The Bertz CT molecular complexity index is 648. The molecular formula is C15H17N3O2. The third-order valence-electron chi connectivity index (χ3n) is 3.86. The minimum atomic E-state index is -0.870. The summed E-state index contributed by atoms with van der Waals surface area (Å²) in [4.78, 5) is 17.5. The van der Waals surface area contributed by atoms with Crippen LogP contribution in [0.15, 0.2) is 30.6 Å². The van der Waals surface area contributed by atoms with Gasteiger partial charge in [0, 0.05) is 37.7 Å². The molecule has 0 aliphatic carbocycles. The summed E-state index contributed by atoms with van der Waals surface area (Å²) in [5.41, 5.74) is 2.65. The maximum atomic E-state index is 11.1. The van der Waals surface area contributed by atoms with E-state index in [1.165, 1.54) is 5.56 Å². The average molecular weight is 271 g/mol. The molecule has 3 rings (SSSR count). The Hall–Kier alpha value is -2.30. The van der Waals surface area contributed by atoms with Crippen molar-refractivity contribution >= 4 is 11.7 Å². The van der Waals surface area contributed by atoms with Crippen molar-refractivity contribution in [1.82, 2.24) is 9.55 Å². The third kappa shape index (κ3) is 2.27. The van der Waals surface area contributed by atoms with Gasteiger partial charge in [0.15, 0.2) is 0 Å². The Morgan fingerprint density at radius 2 is 2.25 bits per heavy atom. The van der Waals surface area contributed by atoms with E-state index in [0.717, 1.165) is 37.6 Å². The zero-order valence-corrected chi connectivity index (χ0v) is 11.4. The molecule has 5 nitrogen and oxygen atoms in total. The van der Waals surface area contributed by atoms with Gasteiger partial charge in [-0.25, -0.2) is 9.78 Å². The molecule has 1 N–H and O–H groups in total. The molecule has 0 unspecified atom stereocenters. The summed E-state index contributed by atoms with van der Waals surface area (Å²) >= 11 is 0. The van der Waals surface area contributed by atoms with Crippen molar-refractivity contribution in [3.8, 4) is 0 Å². The summed E-state index contributed by atoms with van der Waals surface area (Å²) in [7, 11) is 0. The highest BCUT2D eigenvalue weighted by molar-refractivity contribution is 5.89. The Labute approximate surface area is 117 Å². The Morgan fingerprint density at radius 3 is 2.95 bits per heavy atom. The number of nitrogens with zero attached hydrogens (tertiary/aromatic N) is 3. The molecule has 1 aromatic heterocycles. The molecule has 104 valence electrons. The molecule has 1 aliphatic rings. The van der Waals surface area contributed by atoms with Gasteiger partial charge >= 0.3 is 5.97 Å². The van der Waals surface area contributed by atoms with Crippen LogP contribution in [0.1, 0.15) is 21.7 Å². The fraction of sp³-hybridized carbons (Fsp3) is 0.333. The van der Waals surface area contributed by atoms with Crippen LogP contribution in [0, 0.1) is 6.92 Å². The van der Waals surface area contributed by atoms with E-state index in [4.69, 9.17) is 5.11 Å². The summed E-state index contributed by atoms with van der Waals surface area (Å²) in [6.45, 7) is 4.67. The monoisotopic (exact) mass is 271 g/mol. The number of aromatic nitrogens is 2. The van der Waals surface area contributed by atoms with Gasteiger partial charge in [-0.2, -0.15) is 0 Å². The van der Waals surface area contributed by atoms with Gasteiger partial charge in [-0.15, -0.1) is 0 Å². The zero-order chi connectivity index (χ0) is 14.1. The number of hydrogen-bond donors (Lipinski definition) is 1. The van der Waals surface area contributed by atoms with E-state index < -0.39 is 5.97 Å². The van der Waals surface area contributed by atoms with E-state index in [2.05, 4.69) is 14.5 Å². The lowest BCUT2D eigenvalue weighted by atomic mass is 10.1. The Morgan fingerprint density at radius 1 is 1.40 bits per heavy atom. The van der Waals surface area contributed by atoms with Crippen LogP contribution in [0.2, 0.25) is 0 Å². The van der Waals surface area contributed by atoms with Gasteiger partial charge < -0.3 is 14.6 Å². The number of aryl methyl sites for hydroxylation is 1.